The monoisotopic (exact) mass is 233 g/mol. The highest BCUT2D eigenvalue weighted by atomic mass is 19.1. The first-order chi connectivity index (χ1) is 8.13. The van der Waals surface area contributed by atoms with Gasteiger partial charge in [0.2, 0.25) is 0 Å². The van der Waals surface area contributed by atoms with Crippen LogP contribution in [-0.2, 0) is 12.8 Å². The third-order valence-electron chi connectivity index (χ3n) is 2.43. The van der Waals surface area contributed by atoms with E-state index in [0.717, 1.165) is 23.6 Å². The lowest BCUT2D eigenvalue weighted by atomic mass is 10.1. The number of nitrogens with one attached hydrogen (secondary N) is 1. The molecule has 1 aromatic heterocycles. The van der Waals surface area contributed by atoms with Gasteiger partial charge in [0.05, 0.1) is 0 Å². The van der Waals surface area contributed by atoms with E-state index in [1.165, 1.54) is 12.1 Å². The first-order valence-corrected chi connectivity index (χ1v) is 5.78. The van der Waals surface area contributed by atoms with Crippen LogP contribution in [0.2, 0.25) is 0 Å². The van der Waals surface area contributed by atoms with E-state index < -0.39 is 0 Å². The Balaban J connectivity index is 2.06. The molecule has 0 fully saturated rings. The van der Waals surface area contributed by atoms with Crippen molar-refractivity contribution in [3.05, 3.63) is 47.3 Å². The van der Waals surface area contributed by atoms with Gasteiger partial charge in [-0.3, -0.25) is 5.10 Å². The Morgan fingerprint density at radius 3 is 2.88 bits per heavy atom. The van der Waals surface area contributed by atoms with Crippen LogP contribution in [0.15, 0.2) is 24.3 Å². The van der Waals surface area contributed by atoms with E-state index in [0.29, 0.717) is 12.3 Å². The van der Waals surface area contributed by atoms with Crippen molar-refractivity contribution in [2.75, 3.05) is 0 Å². The topological polar surface area (TPSA) is 41.6 Å². The van der Waals surface area contributed by atoms with Gasteiger partial charge in [0, 0.05) is 12.8 Å². The third-order valence-corrected chi connectivity index (χ3v) is 2.43. The van der Waals surface area contributed by atoms with Crippen molar-refractivity contribution >= 4 is 0 Å². The second-order valence-electron chi connectivity index (χ2n) is 4.60. The maximum absolute atomic E-state index is 13.0. The maximum Gasteiger partial charge on any atom is 0.150 e. The SMILES string of the molecule is CC(C)Cc1n[nH]c(Cc2cccc(F)c2)n1. The van der Waals surface area contributed by atoms with E-state index in [1.54, 1.807) is 6.07 Å². The van der Waals surface area contributed by atoms with Crippen LogP contribution in [0.1, 0.15) is 31.1 Å². The van der Waals surface area contributed by atoms with Crippen LogP contribution in [0.25, 0.3) is 0 Å². The number of hydrogen-bond donors (Lipinski definition) is 1. The Morgan fingerprint density at radius 1 is 1.35 bits per heavy atom. The molecule has 0 radical (unpaired) electrons. The van der Waals surface area contributed by atoms with Gasteiger partial charge in [0.1, 0.15) is 11.6 Å². The van der Waals surface area contributed by atoms with Crippen LogP contribution in [0.5, 0.6) is 0 Å². The average Bonchev–Trinajstić information content (AvgIpc) is 2.64. The molecule has 0 aliphatic heterocycles. The fourth-order valence-corrected chi connectivity index (χ4v) is 1.71. The normalized spacial score (nSPS) is 11.1. The summed E-state index contributed by atoms with van der Waals surface area (Å²) >= 11 is 0. The number of hydrogen-bond acceptors (Lipinski definition) is 2. The molecule has 2 aromatic rings. The van der Waals surface area contributed by atoms with E-state index in [1.807, 2.05) is 6.07 Å². The number of H-pyrrole nitrogens is 1. The summed E-state index contributed by atoms with van der Waals surface area (Å²) in [5.74, 6) is 1.93. The Labute approximate surface area is 100 Å². The molecular weight excluding hydrogens is 217 g/mol. The predicted octanol–water partition coefficient (Wildman–Crippen LogP) is 2.73. The van der Waals surface area contributed by atoms with Gasteiger partial charge in [-0.05, 0) is 23.6 Å². The summed E-state index contributed by atoms with van der Waals surface area (Å²) in [6.45, 7) is 4.26. The molecule has 4 heteroatoms. The van der Waals surface area contributed by atoms with E-state index >= 15 is 0 Å². The van der Waals surface area contributed by atoms with Gasteiger partial charge in [-0.15, -0.1) is 0 Å². The summed E-state index contributed by atoms with van der Waals surface area (Å²) in [7, 11) is 0. The number of nitrogens with zero attached hydrogens (tertiary/aromatic N) is 2. The zero-order valence-corrected chi connectivity index (χ0v) is 10.1. The average molecular weight is 233 g/mol. The molecule has 0 aliphatic carbocycles. The molecule has 1 aromatic carbocycles. The molecule has 0 spiro atoms. The lowest BCUT2D eigenvalue weighted by molar-refractivity contribution is 0.622. The quantitative estimate of drug-likeness (QED) is 0.882. The first-order valence-electron chi connectivity index (χ1n) is 5.78. The minimum Gasteiger partial charge on any atom is -0.263 e. The van der Waals surface area contributed by atoms with Crippen molar-refractivity contribution in [2.24, 2.45) is 5.92 Å². The first kappa shape index (κ1) is 11.8. The number of benzene rings is 1. The van der Waals surface area contributed by atoms with Crippen molar-refractivity contribution < 1.29 is 4.39 Å². The van der Waals surface area contributed by atoms with Gasteiger partial charge in [-0.25, -0.2) is 9.37 Å². The lowest BCUT2D eigenvalue weighted by Gasteiger charge is -1.98. The van der Waals surface area contributed by atoms with Crippen molar-refractivity contribution in [3.8, 4) is 0 Å². The van der Waals surface area contributed by atoms with Crippen LogP contribution in [-0.4, -0.2) is 15.2 Å². The molecule has 0 atom stereocenters. The van der Waals surface area contributed by atoms with Crippen LogP contribution in [0.3, 0.4) is 0 Å². The fourth-order valence-electron chi connectivity index (χ4n) is 1.71. The highest BCUT2D eigenvalue weighted by Crippen LogP contribution is 2.09. The maximum atomic E-state index is 13.0. The smallest absolute Gasteiger partial charge is 0.150 e. The molecule has 0 amide bonds. The highest BCUT2D eigenvalue weighted by Gasteiger charge is 2.06. The third kappa shape index (κ3) is 3.37. The molecule has 90 valence electrons. The largest absolute Gasteiger partial charge is 0.263 e. The summed E-state index contributed by atoms with van der Waals surface area (Å²) < 4.78 is 13.0. The molecule has 0 aliphatic rings. The molecule has 1 heterocycles. The summed E-state index contributed by atoms with van der Waals surface area (Å²) in [5.41, 5.74) is 0.900. The van der Waals surface area contributed by atoms with E-state index in [-0.39, 0.29) is 5.82 Å². The van der Waals surface area contributed by atoms with Crippen LogP contribution in [0.4, 0.5) is 4.39 Å². The fraction of sp³-hybridized carbons (Fsp3) is 0.385. The van der Waals surface area contributed by atoms with Crippen molar-refractivity contribution in [1.82, 2.24) is 15.2 Å². The van der Waals surface area contributed by atoms with Gasteiger partial charge in [0.25, 0.3) is 0 Å². The minimum atomic E-state index is -0.218. The molecule has 0 bridgehead atoms. The van der Waals surface area contributed by atoms with Gasteiger partial charge in [0.15, 0.2) is 5.82 Å². The lowest BCUT2D eigenvalue weighted by Crippen LogP contribution is -1.96. The number of rotatable bonds is 4. The zero-order chi connectivity index (χ0) is 12.3. The zero-order valence-electron chi connectivity index (χ0n) is 10.1. The van der Waals surface area contributed by atoms with Crippen LogP contribution >= 0.6 is 0 Å². The number of halogens is 1. The Morgan fingerprint density at radius 2 is 2.18 bits per heavy atom. The summed E-state index contributed by atoms with van der Waals surface area (Å²) in [6, 6.07) is 6.54. The molecule has 0 saturated heterocycles. The molecule has 0 saturated carbocycles. The minimum absolute atomic E-state index is 0.218. The van der Waals surface area contributed by atoms with E-state index in [9.17, 15) is 4.39 Å². The molecule has 2 rings (SSSR count). The van der Waals surface area contributed by atoms with Gasteiger partial charge >= 0.3 is 0 Å². The molecular formula is C13H16FN3. The summed E-state index contributed by atoms with van der Waals surface area (Å²) in [6.07, 6.45) is 1.45. The van der Waals surface area contributed by atoms with Gasteiger partial charge in [-0.2, -0.15) is 5.10 Å². The molecule has 1 N–H and O–H groups in total. The second kappa shape index (κ2) is 5.08. The Hall–Kier alpha value is -1.71. The van der Waals surface area contributed by atoms with Crippen LogP contribution in [0, 0.1) is 11.7 Å². The number of aromatic nitrogens is 3. The number of aromatic amines is 1. The van der Waals surface area contributed by atoms with Crippen molar-refractivity contribution in [1.29, 1.82) is 0 Å². The molecule has 0 unspecified atom stereocenters. The van der Waals surface area contributed by atoms with Gasteiger partial charge < -0.3 is 0 Å². The molecule has 3 nitrogen and oxygen atoms in total. The Bertz CT molecular complexity index is 491. The Kier molecular flexibility index (Phi) is 3.52. The van der Waals surface area contributed by atoms with Gasteiger partial charge in [-0.1, -0.05) is 26.0 Å². The highest BCUT2D eigenvalue weighted by molar-refractivity contribution is 5.19. The predicted molar refractivity (Wildman–Crippen MR) is 64.1 cm³/mol. The molecule has 17 heavy (non-hydrogen) atoms. The summed E-state index contributed by atoms with van der Waals surface area (Å²) in [4.78, 5) is 4.39. The van der Waals surface area contributed by atoms with E-state index in [4.69, 9.17) is 0 Å². The van der Waals surface area contributed by atoms with Crippen molar-refractivity contribution in [2.45, 2.75) is 26.7 Å². The van der Waals surface area contributed by atoms with Crippen LogP contribution < -0.4 is 0 Å². The summed E-state index contributed by atoms with van der Waals surface area (Å²) in [5, 5.41) is 7.04. The van der Waals surface area contributed by atoms with Crippen molar-refractivity contribution in [3.63, 3.8) is 0 Å². The second-order valence-corrected chi connectivity index (χ2v) is 4.60. The standard InChI is InChI=1S/C13H16FN3/c1-9(2)6-12-15-13(17-16-12)8-10-4-3-5-11(14)7-10/h3-5,7,9H,6,8H2,1-2H3,(H,15,16,17). The van der Waals surface area contributed by atoms with E-state index in [2.05, 4.69) is 29.0 Å².